The summed E-state index contributed by atoms with van der Waals surface area (Å²) in [7, 11) is 0. The van der Waals surface area contributed by atoms with Gasteiger partial charge in [0, 0.05) is 24.9 Å². The van der Waals surface area contributed by atoms with Crippen LogP contribution in [-0.4, -0.2) is 24.0 Å². The van der Waals surface area contributed by atoms with Gasteiger partial charge in [0.15, 0.2) is 0 Å². The molecule has 1 amide bonds. The third kappa shape index (κ3) is 4.90. The SMILES string of the molecule is Cc1nc(CCCC(=O)NCCN)cs1. The van der Waals surface area contributed by atoms with Gasteiger partial charge in [-0.1, -0.05) is 0 Å². The molecule has 15 heavy (non-hydrogen) atoms. The second-order valence-corrected chi connectivity index (χ2v) is 4.41. The highest BCUT2D eigenvalue weighted by Crippen LogP contribution is 2.10. The average molecular weight is 227 g/mol. The molecule has 3 N–H and O–H groups in total. The summed E-state index contributed by atoms with van der Waals surface area (Å²) in [5.74, 6) is 0.0763. The quantitative estimate of drug-likeness (QED) is 0.757. The van der Waals surface area contributed by atoms with Gasteiger partial charge in [0.1, 0.15) is 0 Å². The van der Waals surface area contributed by atoms with Gasteiger partial charge in [-0.3, -0.25) is 4.79 Å². The van der Waals surface area contributed by atoms with E-state index in [9.17, 15) is 4.79 Å². The Kier molecular flexibility index (Phi) is 5.28. The summed E-state index contributed by atoms with van der Waals surface area (Å²) in [6.07, 6.45) is 2.27. The van der Waals surface area contributed by atoms with Gasteiger partial charge in [-0.2, -0.15) is 0 Å². The minimum Gasteiger partial charge on any atom is -0.355 e. The zero-order chi connectivity index (χ0) is 11.1. The Hall–Kier alpha value is -0.940. The van der Waals surface area contributed by atoms with Gasteiger partial charge in [0.05, 0.1) is 10.7 Å². The molecule has 84 valence electrons. The maximum Gasteiger partial charge on any atom is 0.220 e. The number of carbonyl (C=O) groups excluding carboxylic acids is 1. The predicted octanol–water partition coefficient (Wildman–Crippen LogP) is 0.849. The fraction of sp³-hybridized carbons (Fsp3) is 0.600. The summed E-state index contributed by atoms with van der Waals surface area (Å²) in [6.45, 7) is 3.05. The molecule has 5 heteroatoms. The molecule has 0 fully saturated rings. The Morgan fingerprint density at radius 3 is 3.07 bits per heavy atom. The number of hydrogen-bond donors (Lipinski definition) is 2. The van der Waals surface area contributed by atoms with Crippen molar-refractivity contribution >= 4 is 17.2 Å². The van der Waals surface area contributed by atoms with E-state index >= 15 is 0 Å². The standard InChI is InChI=1S/C10H17N3OS/c1-8-13-9(7-15-8)3-2-4-10(14)12-6-5-11/h7H,2-6,11H2,1H3,(H,12,14). The molecule has 0 aliphatic rings. The number of nitrogens with one attached hydrogen (secondary N) is 1. The minimum absolute atomic E-state index is 0.0763. The van der Waals surface area contributed by atoms with Crippen LogP contribution in [0, 0.1) is 6.92 Å². The normalized spacial score (nSPS) is 10.3. The van der Waals surface area contributed by atoms with Crippen molar-refractivity contribution in [1.82, 2.24) is 10.3 Å². The third-order valence-corrected chi connectivity index (χ3v) is 2.79. The Morgan fingerprint density at radius 1 is 1.67 bits per heavy atom. The Bertz CT molecular complexity index is 311. The molecule has 1 aromatic rings. The highest BCUT2D eigenvalue weighted by Gasteiger charge is 2.02. The topological polar surface area (TPSA) is 68.0 Å². The number of nitrogens with two attached hydrogens (primary N) is 1. The molecule has 0 atom stereocenters. The minimum atomic E-state index is 0.0763. The zero-order valence-electron chi connectivity index (χ0n) is 8.95. The van der Waals surface area contributed by atoms with Crippen LogP contribution in [-0.2, 0) is 11.2 Å². The van der Waals surface area contributed by atoms with Crippen LogP contribution >= 0.6 is 11.3 Å². The molecule has 0 bridgehead atoms. The van der Waals surface area contributed by atoms with Crippen LogP contribution in [0.5, 0.6) is 0 Å². The number of amides is 1. The summed E-state index contributed by atoms with van der Waals surface area (Å²) in [5, 5.41) is 5.87. The first-order chi connectivity index (χ1) is 7.22. The molecule has 0 aromatic carbocycles. The predicted molar refractivity (Wildman–Crippen MR) is 61.9 cm³/mol. The van der Waals surface area contributed by atoms with E-state index in [0.29, 0.717) is 19.5 Å². The van der Waals surface area contributed by atoms with Crippen LogP contribution in [0.2, 0.25) is 0 Å². The van der Waals surface area contributed by atoms with Gasteiger partial charge >= 0.3 is 0 Å². The van der Waals surface area contributed by atoms with Crippen LogP contribution in [0.3, 0.4) is 0 Å². The first-order valence-corrected chi connectivity index (χ1v) is 5.98. The van der Waals surface area contributed by atoms with Crippen LogP contribution < -0.4 is 11.1 Å². The summed E-state index contributed by atoms with van der Waals surface area (Å²) < 4.78 is 0. The fourth-order valence-electron chi connectivity index (χ4n) is 1.25. The van der Waals surface area contributed by atoms with Gasteiger partial charge in [-0.15, -0.1) is 11.3 Å². The van der Waals surface area contributed by atoms with Crippen molar-refractivity contribution in [3.8, 4) is 0 Å². The summed E-state index contributed by atoms with van der Waals surface area (Å²) in [5.41, 5.74) is 6.36. The second-order valence-electron chi connectivity index (χ2n) is 3.35. The van der Waals surface area contributed by atoms with Gasteiger partial charge in [-0.05, 0) is 19.8 Å². The zero-order valence-corrected chi connectivity index (χ0v) is 9.77. The molecular formula is C10H17N3OS. The van der Waals surface area contributed by atoms with Crippen LogP contribution in [0.4, 0.5) is 0 Å². The molecule has 0 radical (unpaired) electrons. The van der Waals surface area contributed by atoms with E-state index in [1.807, 2.05) is 12.3 Å². The highest BCUT2D eigenvalue weighted by molar-refractivity contribution is 7.09. The summed E-state index contributed by atoms with van der Waals surface area (Å²) in [6, 6.07) is 0. The highest BCUT2D eigenvalue weighted by atomic mass is 32.1. The number of aryl methyl sites for hydroxylation is 2. The number of thiazole rings is 1. The fourth-order valence-corrected chi connectivity index (χ4v) is 1.90. The van der Waals surface area contributed by atoms with Gasteiger partial charge in [-0.25, -0.2) is 4.98 Å². The van der Waals surface area contributed by atoms with Gasteiger partial charge < -0.3 is 11.1 Å². The lowest BCUT2D eigenvalue weighted by Crippen LogP contribution is -2.28. The monoisotopic (exact) mass is 227 g/mol. The van der Waals surface area contributed by atoms with E-state index in [1.54, 1.807) is 11.3 Å². The van der Waals surface area contributed by atoms with E-state index < -0.39 is 0 Å². The van der Waals surface area contributed by atoms with Gasteiger partial charge in [0.25, 0.3) is 0 Å². The molecule has 0 spiro atoms. The van der Waals surface area contributed by atoms with Crippen molar-refractivity contribution in [2.45, 2.75) is 26.2 Å². The molecule has 4 nitrogen and oxygen atoms in total. The summed E-state index contributed by atoms with van der Waals surface area (Å²) >= 11 is 1.65. The van der Waals surface area contributed by atoms with Crippen molar-refractivity contribution in [2.75, 3.05) is 13.1 Å². The molecule has 1 heterocycles. The maximum absolute atomic E-state index is 11.2. The first-order valence-electron chi connectivity index (χ1n) is 5.10. The van der Waals surface area contributed by atoms with Crippen molar-refractivity contribution in [3.05, 3.63) is 16.1 Å². The van der Waals surface area contributed by atoms with Crippen molar-refractivity contribution in [1.29, 1.82) is 0 Å². The Balaban J connectivity index is 2.13. The molecular weight excluding hydrogens is 210 g/mol. The van der Waals surface area contributed by atoms with Crippen molar-refractivity contribution in [2.24, 2.45) is 5.73 Å². The third-order valence-electron chi connectivity index (χ3n) is 1.97. The molecule has 0 aliphatic carbocycles. The molecule has 0 unspecified atom stereocenters. The smallest absolute Gasteiger partial charge is 0.220 e. The lowest BCUT2D eigenvalue weighted by molar-refractivity contribution is -0.121. The number of nitrogens with zero attached hydrogens (tertiary/aromatic N) is 1. The van der Waals surface area contributed by atoms with E-state index in [2.05, 4.69) is 10.3 Å². The van der Waals surface area contributed by atoms with Gasteiger partial charge in [0.2, 0.25) is 5.91 Å². The largest absolute Gasteiger partial charge is 0.355 e. The van der Waals surface area contributed by atoms with E-state index in [4.69, 9.17) is 5.73 Å². The molecule has 1 rings (SSSR count). The van der Waals surface area contributed by atoms with E-state index in [1.165, 1.54) is 0 Å². The molecule has 0 saturated carbocycles. The van der Waals surface area contributed by atoms with Crippen LogP contribution in [0.15, 0.2) is 5.38 Å². The van der Waals surface area contributed by atoms with Crippen molar-refractivity contribution in [3.63, 3.8) is 0 Å². The lowest BCUT2D eigenvalue weighted by atomic mass is 10.2. The average Bonchev–Trinajstić information content (AvgIpc) is 2.61. The number of aromatic nitrogens is 1. The number of hydrogen-bond acceptors (Lipinski definition) is 4. The van der Waals surface area contributed by atoms with Crippen molar-refractivity contribution < 1.29 is 4.79 Å². The van der Waals surface area contributed by atoms with E-state index in [0.717, 1.165) is 23.5 Å². The summed E-state index contributed by atoms with van der Waals surface area (Å²) in [4.78, 5) is 15.5. The maximum atomic E-state index is 11.2. The van der Waals surface area contributed by atoms with Crippen LogP contribution in [0.1, 0.15) is 23.5 Å². The van der Waals surface area contributed by atoms with E-state index in [-0.39, 0.29) is 5.91 Å². The second kappa shape index (κ2) is 6.53. The molecule has 0 saturated heterocycles. The Labute approximate surface area is 93.9 Å². The number of rotatable bonds is 6. The molecule has 1 aromatic heterocycles. The lowest BCUT2D eigenvalue weighted by Gasteiger charge is -2.01. The first kappa shape index (κ1) is 12.1. The molecule has 0 aliphatic heterocycles. The Morgan fingerprint density at radius 2 is 2.47 bits per heavy atom. The van der Waals surface area contributed by atoms with Crippen LogP contribution in [0.25, 0.3) is 0 Å². The number of carbonyl (C=O) groups is 1.